The largest absolute Gasteiger partial charge is 0.469 e. The van der Waals surface area contributed by atoms with E-state index in [9.17, 15) is 4.79 Å². The fraction of sp³-hybridized carbons (Fsp3) is 0.133. The molecule has 0 saturated carbocycles. The van der Waals surface area contributed by atoms with Gasteiger partial charge in [0.15, 0.2) is 5.82 Å². The number of nitrogens with two attached hydrogens (primary N) is 1. The fourth-order valence-corrected chi connectivity index (χ4v) is 3.46. The average molecular weight is 443 g/mol. The second kappa shape index (κ2) is 7.51. The van der Waals surface area contributed by atoms with Crippen LogP contribution in [0.3, 0.4) is 0 Å². The number of nitrogens with zero attached hydrogens (tertiary/aromatic N) is 3. The number of anilines is 1. The van der Waals surface area contributed by atoms with Crippen molar-refractivity contribution >= 4 is 50.9 Å². The van der Waals surface area contributed by atoms with Crippen molar-refractivity contribution in [2.75, 3.05) is 16.9 Å². The number of thioether (sulfide) groups is 1. The maximum atomic E-state index is 12.1. The number of furan rings is 1. The number of aryl methyl sites for hydroxylation is 1. The van der Waals surface area contributed by atoms with E-state index in [-0.39, 0.29) is 11.7 Å². The molecule has 0 bridgehead atoms. The number of hydrogen-bond acceptors (Lipinski definition) is 6. The minimum Gasteiger partial charge on any atom is -0.469 e. The smallest absolute Gasteiger partial charge is 0.234 e. The van der Waals surface area contributed by atoms with Crippen LogP contribution in [0.5, 0.6) is 0 Å². The first-order valence-corrected chi connectivity index (χ1v) is 9.24. The SMILES string of the molecule is Cc1occc1-c1nnc(SCC(=O)Nc2ccc(Br)cc2Cl)n1N. The lowest BCUT2D eigenvalue weighted by molar-refractivity contribution is -0.113. The van der Waals surface area contributed by atoms with E-state index in [0.29, 0.717) is 27.5 Å². The summed E-state index contributed by atoms with van der Waals surface area (Å²) in [6.07, 6.45) is 1.56. The van der Waals surface area contributed by atoms with Crippen LogP contribution in [0.25, 0.3) is 11.4 Å². The molecule has 2 heterocycles. The molecule has 3 aromatic rings. The molecule has 0 unspecified atom stereocenters. The number of carbonyl (C=O) groups is 1. The average Bonchev–Trinajstić information content (AvgIpc) is 3.14. The zero-order chi connectivity index (χ0) is 18.0. The van der Waals surface area contributed by atoms with Crippen molar-refractivity contribution < 1.29 is 9.21 Å². The second-order valence-electron chi connectivity index (χ2n) is 5.03. The van der Waals surface area contributed by atoms with Crippen molar-refractivity contribution in [1.29, 1.82) is 0 Å². The number of amides is 1. The highest BCUT2D eigenvalue weighted by atomic mass is 79.9. The first kappa shape index (κ1) is 17.8. The maximum absolute atomic E-state index is 12.1. The van der Waals surface area contributed by atoms with Gasteiger partial charge < -0.3 is 15.6 Å². The van der Waals surface area contributed by atoms with Crippen LogP contribution in [0, 0.1) is 6.92 Å². The van der Waals surface area contributed by atoms with Gasteiger partial charge in [0, 0.05) is 4.47 Å². The van der Waals surface area contributed by atoms with E-state index in [0.717, 1.165) is 10.0 Å². The van der Waals surface area contributed by atoms with Gasteiger partial charge in [0.25, 0.3) is 0 Å². The van der Waals surface area contributed by atoms with Gasteiger partial charge in [0.1, 0.15) is 5.76 Å². The third kappa shape index (κ3) is 4.00. The van der Waals surface area contributed by atoms with E-state index in [1.165, 1.54) is 16.4 Å². The molecular weight excluding hydrogens is 430 g/mol. The standard InChI is InChI=1S/C15H13BrClN5O2S/c1-8-10(4-5-24-8)14-20-21-15(22(14)18)25-7-13(23)19-12-3-2-9(16)6-11(12)17/h2-6H,7,18H2,1H3,(H,19,23). The molecule has 7 nitrogen and oxygen atoms in total. The molecule has 0 spiro atoms. The molecule has 0 radical (unpaired) electrons. The fourth-order valence-electron chi connectivity index (χ4n) is 2.08. The van der Waals surface area contributed by atoms with Gasteiger partial charge >= 0.3 is 0 Å². The summed E-state index contributed by atoms with van der Waals surface area (Å²) in [5.41, 5.74) is 1.30. The van der Waals surface area contributed by atoms with Crippen molar-refractivity contribution in [3.63, 3.8) is 0 Å². The third-order valence-corrected chi connectivity index (χ3v) is 5.05. The molecule has 3 rings (SSSR count). The summed E-state index contributed by atoms with van der Waals surface area (Å²) >= 11 is 10.6. The lowest BCUT2D eigenvalue weighted by atomic mass is 10.2. The molecule has 1 aromatic carbocycles. The highest BCUT2D eigenvalue weighted by Crippen LogP contribution is 2.27. The first-order chi connectivity index (χ1) is 12.0. The van der Waals surface area contributed by atoms with E-state index in [4.69, 9.17) is 21.9 Å². The number of halogens is 2. The number of aromatic nitrogens is 3. The zero-order valence-corrected chi connectivity index (χ0v) is 16.2. The van der Waals surface area contributed by atoms with E-state index in [1.54, 1.807) is 30.5 Å². The summed E-state index contributed by atoms with van der Waals surface area (Å²) in [5.74, 6) is 7.08. The highest BCUT2D eigenvalue weighted by Gasteiger charge is 2.17. The third-order valence-electron chi connectivity index (χ3n) is 3.30. The van der Waals surface area contributed by atoms with Crippen LogP contribution >= 0.6 is 39.3 Å². The summed E-state index contributed by atoms with van der Waals surface area (Å²) in [5, 5.41) is 11.7. The monoisotopic (exact) mass is 441 g/mol. The van der Waals surface area contributed by atoms with Gasteiger partial charge in [-0.05, 0) is 31.2 Å². The van der Waals surface area contributed by atoms with Crippen LogP contribution in [0.2, 0.25) is 5.02 Å². The topological polar surface area (TPSA) is 99.0 Å². The van der Waals surface area contributed by atoms with Crippen molar-refractivity contribution in [1.82, 2.24) is 14.9 Å². The Morgan fingerprint density at radius 3 is 2.92 bits per heavy atom. The lowest BCUT2D eigenvalue weighted by Gasteiger charge is -2.07. The molecule has 1 amide bonds. The Balaban J connectivity index is 1.65. The summed E-state index contributed by atoms with van der Waals surface area (Å²) in [6.45, 7) is 1.81. The normalized spacial score (nSPS) is 10.8. The molecule has 0 aliphatic rings. The Morgan fingerprint density at radius 2 is 2.24 bits per heavy atom. The highest BCUT2D eigenvalue weighted by molar-refractivity contribution is 9.10. The van der Waals surface area contributed by atoms with Gasteiger partial charge in [-0.3, -0.25) is 4.79 Å². The van der Waals surface area contributed by atoms with E-state index in [2.05, 4.69) is 31.4 Å². The van der Waals surface area contributed by atoms with Crippen LogP contribution in [-0.2, 0) is 4.79 Å². The minimum absolute atomic E-state index is 0.117. The number of nitrogen functional groups attached to an aromatic ring is 1. The van der Waals surface area contributed by atoms with Crippen molar-refractivity contribution in [2.45, 2.75) is 12.1 Å². The predicted molar refractivity (Wildman–Crippen MR) is 101 cm³/mol. The van der Waals surface area contributed by atoms with Gasteiger partial charge in [0.05, 0.1) is 28.3 Å². The number of benzene rings is 1. The van der Waals surface area contributed by atoms with E-state index >= 15 is 0 Å². The van der Waals surface area contributed by atoms with Gasteiger partial charge in [-0.2, -0.15) is 0 Å². The zero-order valence-electron chi connectivity index (χ0n) is 13.0. The van der Waals surface area contributed by atoms with Crippen molar-refractivity contribution in [2.24, 2.45) is 0 Å². The Labute approximate surface area is 161 Å². The summed E-state index contributed by atoms with van der Waals surface area (Å²) in [6, 6.07) is 6.99. The van der Waals surface area contributed by atoms with Crippen molar-refractivity contribution in [3.8, 4) is 11.4 Å². The van der Waals surface area contributed by atoms with E-state index < -0.39 is 0 Å². The molecule has 130 valence electrons. The molecular formula is C15H13BrClN5O2S. The Morgan fingerprint density at radius 1 is 1.44 bits per heavy atom. The molecule has 10 heteroatoms. The Hall–Kier alpha value is -1.97. The number of rotatable bonds is 5. The minimum atomic E-state index is -0.224. The van der Waals surface area contributed by atoms with Crippen LogP contribution in [-0.4, -0.2) is 26.5 Å². The maximum Gasteiger partial charge on any atom is 0.234 e. The molecule has 0 aliphatic heterocycles. The summed E-state index contributed by atoms with van der Waals surface area (Å²) in [4.78, 5) is 12.1. The van der Waals surface area contributed by atoms with Crippen LogP contribution in [0.4, 0.5) is 5.69 Å². The number of nitrogens with one attached hydrogen (secondary N) is 1. The molecule has 0 aliphatic carbocycles. The molecule has 0 saturated heterocycles. The molecule has 25 heavy (non-hydrogen) atoms. The quantitative estimate of drug-likeness (QED) is 0.462. The molecule has 0 atom stereocenters. The van der Waals surface area contributed by atoms with Gasteiger partial charge in [-0.1, -0.05) is 39.3 Å². The molecule has 0 fully saturated rings. The summed E-state index contributed by atoms with van der Waals surface area (Å²) in [7, 11) is 0. The van der Waals surface area contributed by atoms with E-state index in [1.807, 2.05) is 6.92 Å². The Kier molecular flexibility index (Phi) is 5.36. The first-order valence-electron chi connectivity index (χ1n) is 7.08. The van der Waals surface area contributed by atoms with Gasteiger partial charge in [-0.15, -0.1) is 10.2 Å². The number of hydrogen-bond donors (Lipinski definition) is 2. The number of carbonyl (C=O) groups excluding carboxylic acids is 1. The van der Waals surface area contributed by atoms with Gasteiger partial charge in [-0.25, -0.2) is 4.68 Å². The molecule has 2 aromatic heterocycles. The van der Waals surface area contributed by atoms with Crippen LogP contribution in [0.1, 0.15) is 5.76 Å². The summed E-state index contributed by atoms with van der Waals surface area (Å²) < 4.78 is 7.42. The van der Waals surface area contributed by atoms with Gasteiger partial charge in [0.2, 0.25) is 11.1 Å². The predicted octanol–water partition coefficient (Wildman–Crippen LogP) is 3.71. The lowest BCUT2D eigenvalue weighted by Crippen LogP contribution is -2.16. The molecule has 3 N–H and O–H groups in total. The Bertz CT molecular complexity index is 927. The second-order valence-corrected chi connectivity index (χ2v) is 7.29. The van der Waals surface area contributed by atoms with Crippen LogP contribution in [0.15, 0.2) is 44.6 Å². The van der Waals surface area contributed by atoms with Crippen molar-refractivity contribution in [3.05, 3.63) is 45.8 Å². The van der Waals surface area contributed by atoms with Crippen LogP contribution < -0.4 is 11.2 Å².